The summed E-state index contributed by atoms with van der Waals surface area (Å²) in [5, 5.41) is 0.00960. The van der Waals surface area contributed by atoms with E-state index in [1.165, 1.54) is 6.20 Å². The van der Waals surface area contributed by atoms with Gasteiger partial charge in [-0.15, -0.1) is 0 Å². The van der Waals surface area contributed by atoms with E-state index in [9.17, 15) is 4.79 Å². The molecule has 0 bridgehead atoms. The zero-order valence-electron chi connectivity index (χ0n) is 12.7. The minimum atomic E-state index is -0.618. The summed E-state index contributed by atoms with van der Waals surface area (Å²) in [7, 11) is 0. The maximum absolute atomic E-state index is 12.2. The Kier molecular flexibility index (Phi) is 4.98. The van der Waals surface area contributed by atoms with Gasteiger partial charge in [-0.3, -0.25) is 0 Å². The summed E-state index contributed by atoms with van der Waals surface area (Å²) >= 11 is 5.78. The number of benzene rings is 1. The number of carbonyl (C=O) groups excluding carboxylic acids is 1. The van der Waals surface area contributed by atoms with Crippen LogP contribution in [0, 0.1) is 0 Å². The van der Waals surface area contributed by atoms with E-state index in [0.29, 0.717) is 0 Å². The van der Waals surface area contributed by atoms with Crippen LogP contribution in [0.2, 0.25) is 5.28 Å². The second-order valence-corrected chi connectivity index (χ2v) is 5.97. The minimum Gasteiger partial charge on any atom is -0.472 e. The van der Waals surface area contributed by atoms with Gasteiger partial charge in [-0.1, -0.05) is 30.3 Å². The van der Waals surface area contributed by atoms with Crippen LogP contribution in [0.4, 0.5) is 0 Å². The van der Waals surface area contributed by atoms with Crippen molar-refractivity contribution in [2.75, 3.05) is 0 Å². The van der Waals surface area contributed by atoms with Gasteiger partial charge in [0.2, 0.25) is 11.2 Å². The van der Waals surface area contributed by atoms with Crippen molar-refractivity contribution in [3.63, 3.8) is 0 Å². The van der Waals surface area contributed by atoms with Crippen molar-refractivity contribution in [1.29, 1.82) is 0 Å². The molecule has 0 aliphatic rings. The Morgan fingerprint density at radius 2 is 1.91 bits per heavy atom. The Balaban J connectivity index is 2.19. The fourth-order valence-electron chi connectivity index (χ4n) is 1.65. The molecule has 5 nitrogen and oxygen atoms in total. The number of aromatic nitrogens is 2. The number of hydrogen-bond acceptors (Lipinski definition) is 5. The first-order chi connectivity index (χ1) is 10.3. The minimum absolute atomic E-state index is 0.00960. The molecule has 0 radical (unpaired) electrons. The number of carbonyl (C=O) groups is 1. The molecular weight excluding hydrogens is 304 g/mol. The average Bonchev–Trinajstić information content (AvgIpc) is 2.44. The number of ether oxygens (including phenoxy) is 2. The van der Waals surface area contributed by atoms with E-state index >= 15 is 0 Å². The largest absolute Gasteiger partial charge is 0.472 e. The fourth-order valence-corrected chi connectivity index (χ4v) is 1.78. The summed E-state index contributed by atoms with van der Waals surface area (Å²) in [6, 6.07) is 9.55. The average molecular weight is 321 g/mol. The third kappa shape index (κ3) is 4.70. The lowest BCUT2D eigenvalue weighted by molar-refractivity contribution is 0.00640. The smallest absolute Gasteiger partial charge is 0.345 e. The molecule has 0 aliphatic carbocycles. The van der Waals surface area contributed by atoms with Gasteiger partial charge >= 0.3 is 5.97 Å². The summed E-state index contributed by atoms with van der Waals surface area (Å²) in [5.74, 6) is -0.440. The highest BCUT2D eigenvalue weighted by Gasteiger charge is 2.23. The Hall–Kier alpha value is -2.14. The molecule has 0 fully saturated rings. The molecule has 0 amide bonds. The Bertz CT molecular complexity index is 654. The van der Waals surface area contributed by atoms with Crippen LogP contribution < -0.4 is 4.74 Å². The molecule has 1 heterocycles. The van der Waals surface area contributed by atoms with E-state index in [1.807, 2.05) is 30.3 Å². The van der Waals surface area contributed by atoms with E-state index in [2.05, 4.69) is 9.97 Å². The van der Waals surface area contributed by atoms with Crippen LogP contribution in [0.25, 0.3) is 0 Å². The molecule has 0 atom stereocenters. The highest BCUT2D eigenvalue weighted by molar-refractivity contribution is 6.28. The van der Waals surface area contributed by atoms with Crippen LogP contribution in [0.3, 0.4) is 0 Å². The van der Waals surface area contributed by atoms with Crippen molar-refractivity contribution in [3.05, 3.63) is 52.9 Å². The fraction of sp³-hybridized carbons (Fsp3) is 0.312. The monoisotopic (exact) mass is 320 g/mol. The van der Waals surface area contributed by atoms with E-state index in [1.54, 1.807) is 20.8 Å². The Morgan fingerprint density at radius 3 is 2.55 bits per heavy atom. The quantitative estimate of drug-likeness (QED) is 0.635. The van der Waals surface area contributed by atoms with Crippen molar-refractivity contribution >= 4 is 17.6 Å². The molecule has 1 aromatic carbocycles. The molecule has 0 unspecified atom stereocenters. The molecule has 2 rings (SSSR count). The lowest BCUT2D eigenvalue weighted by Gasteiger charge is -2.20. The maximum Gasteiger partial charge on any atom is 0.345 e. The molecule has 0 aliphatic heterocycles. The number of halogens is 1. The van der Waals surface area contributed by atoms with E-state index < -0.39 is 11.6 Å². The predicted octanol–water partition coefficient (Wildman–Crippen LogP) is 3.66. The standard InChI is InChI=1S/C16H17ClN2O3/c1-16(2,3)22-14(20)12-9-18-15(17)19-13(12)21-10-11-7-5-4-6-8-11/h4-9H,10H2,1-3H3. The van der Waals surface area contributed by atoms with Gasteiger partial charge in [0.25, 0.3) is 0 Å². The zero-order valence-corrected chi connectivity index (χ0v) is 13.4. The lowest BCUT2D eigenvalue weighted by Crippen LogP contribution is -2.24. The van der Waals surface area contributed by atoms with E-state index in [-0.39, 0.29) is 23.3 Å². The van der Waals surface area contributed by atoms with E-state index in [4.69, 9.17) is 21.1 Å². The maximum atomic E-state index is 12.2. The normalized spacial score (nSPS) is 11.1. The molecule has 116 valence electrons. The number of hydrogen-bond donors (Lipinski definition) is 0. The Labute approximate surface area is 134 Å². The molecule has 0 saturated carbocycles. The second kappa shape index (κ2) is 6.75. The van der Waals surface area contributed by atoms with Crippen LogP contribution in [0.5, 0.6) is 5.88 Å². The summed E-state index contributed by atoms with van der Waals surface area (Å²) in [6.07, 6.45) is 1.31. The van der Waals surface area contributed by atoms with Crippen LogP contribution >= 0.6 is 11.6 Å². The first kappa shape index (κ1) is 16.2. The summed E-state index contributed by atoms with van der Waals surface area (Å²) in [5.41, 5.74) is 0.482. The highest BCUT2D eigenvalue weighted by Crippen LogP contribution is 2.21. The molecule has 0 N–H and O–H groups in total. The molecular formula is C16H17ClN2O3. The summed E-state index contributed by atoms with van der Waals surface area (Å²) < 4.78 is 10.9. The SMILES string of the molecule is CC(C)(C)OC(=O)c1cnc(Cl)nc1OCc1ccccc1. The highest BCUT2D eigenvalue weighted by atomic mass is 35.5. The number of rotatable bonds is 4. The lowest BCUT2D eigenvalue weighted by atomic mass is 10.2. The molecule has 2 aromatic rings. The van der Waals surface area contributed by atoms with Gasteiger partial charge in [0, 0.05) is 0 Å². The van der Waals surface area contributed by atoms with Crippen molar-refractivity contribution in [2.45, 2.75) is 33.0 Å². The van der Waals surface area contributed by atoms with Crippen LogP contribution in [-0.2, 0) is 11.3 Å². The van der Waals surface area contributed by atoms with Gasteiger partial charge < -0.3 is 9.47 Å². The molecule has 22 heavy (non-hydrogen) atoms. The molecule has 0 saturated heterocycles. The third-order valence-electron chi connectivity index (χ3n) is 2.56. The summed E-state index contributed by atoms with van der Waals surface area (Å²) in [4.78, 5) is 20.0. The second-order valence-electron chi connectivity index (χ2n) is 5.63. The third-order valence-corrected chi connectivity index (χ3v) is 2.74. The van der Waals surface area contributed by atoms with Gasteiger partial charge in [0.15, 0.2) is 0 Å². The molecule has 1 aromatic heterocycles. The van der Waals surface area contributed by atoms with Crippen LogP contribution in [0.15, 0.2) is 36.5 Å². The van der Waals surface area contributed by atoms with Gasteiger partial charge in [-0.2, -0.15) is 4.98 Å². The van der Waals surface area contributed by atoms with Crippen molar-refractivity contribution in [2.24, 2.45) is 0 Å². The topological polar surface area (TPSA) is 61.3 Å². The Morgan fingerprint density at radius 1 is 1.23 bits per heavy atom. The van der Waals surface area contributed by atoms with Crippen molar-refractivity contribution < 1.29 is 14.3 Å². The van der Waals surface area contributed by atoms with Gasteiger partial charge in [-0.05, 0) is 37.9 Å². The van der Waals surface area contributed by atoms with Gasteiger partial charge in [0.1, 0.15) is 17.8 Å². The first-order valence-corrected chi connectivity index (χ1v) is 7.15. The zero-order chi connectivity index (χ0) is 16.2. The van der Waals surface area contributed by atoms with E-state index in [0.717, 1.165) is 5.56 Å². The molecule has 0 spiro atoms. The number of esters is 1. The van der Waals surface area contributed by atoms with Crippen LogP contribution in [-0.4, -0.2) is 21.5 Å². The van der Waals surface area contributed by atoms with Crippen molar-refractivity contribution in [3.8, 4) is 5.88 Å². The van der Waals surface area contributed by atoms with Crippen LogP contribution in [0.1, 0.15) is 36.7 Å². The van der Waals surface area contributed by atoms with Crippen molar-refractivity contribution in [1.82, 2.24) is 9.97 Å². The predicted molar refractivity (Wildman–Crippen MR) is 83.0 cm³/mol. The first-order valence-electron chi connectivity index (χ1n) is 6.78. The van der Waals surface area contributed by atoms with Gasteiger partial charge in [-0.25, -0.2) is 9.78 Å². The molecule has 6 heteroatoms. The summed E-state index contributed by atoms with van der Waals surface area (Å²) in [6.45, 7) is 5.62. The number of nitrogens with zero attached hydrogens (tertiary/aromatic N) is 2. The van der Waals surface area contributed by atoms with Gasteiger partial charge in [0.05, 0.1) is 6.20 Å².